The predicted molar refractivity (Wildman–Crippen MR) is 83.7 cm³/mol. The van der Waals surface area contributed by atoms with Gasteiger partial charge in [0.05, 0.1) is 0 Å². The lowest BCUT2D eigenvalue weighted by Gasteiger charge is -2.31. The number of nitrogens with zero attached hydrogens (tertiary/aromatic N) is 5. The van der Waals surface area contributed by atoms with Crippen molar-refractivity contribution in [2.75, 3.05) is 57.0 Å². The van der Waals surface area contributed by atoms with E-state index in [9.17, 15) is 0 Å². The third kappa shape index (κ3) is 3.28. The van der Waals surface area contributed by atoms with Gasteiger partial charge < -0.3 is 14.7 Å². The second-order valence-corrected chi connectivity index (χ2v) is 6.48. The first-order valence-corrected chi connectivity index (χ1v) is 6.50. The van der Waals surface area contributed by atoms with E-state index in [1.165, 1.54) is 5.56 Å². The van der Waals surface area contributed by atoms with Crippen molar-refractivity contribution >= 4 is 17.6 Å². The molecule has 0 bridgehead atoms. The van der Waals surface area contributed by atoms with Crippen LogP contribution < -0.4 is 14.7 Å². The summed E-state index contributed by atoms with van der Waals surface area (Å²) in [5, 5.41) is 0. The smallest absolute Gasteiger partial charge is 0.228 e. The van der Waals surface area contributed by atoms with Crippen LogP contribution in [0.2, 0.25) is 0 Å². The van der Waals surface area contributed by atoms with Crippen LogP contribution in [0.15, 0.2) is 0 Å². The highest BCUT2D eigenvalue weighted by Crippen LogP contribution is 2.37. The monoisotopic (exact) mass is 265 g/mol. The van der Waals surface area contributed by atoms with E-state index in [1.54, 1.807) is 0 Å². The third-order valence-electron chi connectivity index (χ3n) is 2.86. The summed E-state index contributed by atoms with van der Waals surface area (Å²) in [7, 11) is 12.0. The zero-order valence-corrected chi connectivity index (χ0v) is 13.7. The minimum atomic E-state index is -0.00987. The lowest BCUT2D eigenvalue weighted by atomic mass is 9.87. The zero-order valence-electron chi connectivity index (χ0n) is 13.7. The molecule has 0 amide bonds. The quantitative estimate of drug-likeness (QED) is 0.835. The fraction of sp³-hybridized carbons (Fsp3) is 0.714. The molecule has 0 saturated heterocycles. The molecule has 0 N–H and O–H groups in total. The standard InChI is InChI=1S/C14H27N5/c1-14(2,3)10-11(17(4)5)15-13(19(8)9)16-12(10)18(6)7/h1-9H3. The van der Waals surface area contributed by atoms with E-state index < -0.39 is 0 Å². The van der Waals surface area contributed by atoms with Crippen LogP contribution in [-0.4, -0.2) is 52.3 Å². The first-order chi connectivity index (χ1) is 8.55. The Morgan fingerprint density at radius 2 is 1.05 bits per heavy atom. The molecule has 0 aromatic carbocycles. The summed E-state index contributed by atoms with van der Waals surface area (Å²) in [5.74, 6) is 2.70. The molecule has 19 heavy (non-hydrogen) atoms. The summed E-state index contributed by atoms with van der Waals surface area (Å²) in [4.78, 5) is 15.4. The molecule has 1 aromatic heterocycles. The average molecular weight is 265 g/mol. The Bertz CT molecular complexity index is 415. The van der Waals surface area contributed by atoms with Gasteiger partial charge in [0.15, 0.2) is 0 Å². The Kier molecular flexibility index (Phi) is 4.28. The Balaban J connectivity index is 3.66. The summed E-state index contributed by atoms with van der Waals surface area (Å²) >= 11 is 0. The third-order valence-corrected chi connectivity index (χ3v) is 2.86. The van der Waals surface area contributed by atoms with Crippen LogP contribution in [0.3, 0.4) is 0 Å². The molecule has 108 valence electrons. The van der Waals surface area contributed by atoms with Gasteiger partial charge in [-0.05, 0) is 5.41 Å². The molecule has 0 fully saturated rings. The van der Waals surface area contributed by atoms with E-state index in [1.807, 2.05) is 47.2 Å². The van der Waals surface area contributed by atoms with Crippen LogP contribution in [0.4, 0.5) is 17.6 Å². The largest absolute Gasteiger partial charge is 0.362 e. The number of hydrogen-bond donors (Lipinski definition) is 0. The lowest BCUT2D eigenvalue weighted by Crippen LogP contribution is -2.28. The molecule has 5 heteroatoms. The Morgan fingerprint density at radius 1 is 0.684 bits per heavy atom. The maximum atomic E-state index is 4.70. The molecule has 0 spiro atoms. The summed E-state index contributed by atoms with van der Waals surface area (Å²) in [6, 6.07) is 0. The highest BCUT2D eigenvalue weighted by Gasteiger charge is 2.27. The molecule has 0 saturated carbocycles. The van der Waals surface area contributed by atoms with Crippen LogP contribution in [0.5, 0.6) is 0 Å². The summed E-state index contributed by atoms with van der Waals surface area (Å²) < 4.78 is 0. The van der Waals surface area contributed by atoms with Crippen molar-refractivity contribution in [3.05, 3.63) is 5.56 Å². The van der Waals surface area contributed by atoms with E-state index in [2.05, 4.69) is 30.6 Å². The molecule has 0 aliphatic heterocycles. The highest BCUT2D eigenvalue weighted by atomic mass is 15.3. The van der Waals surface area contributed by atoms with E-state index in [0.717, 1.165) is 17.6 Å². The second-order valence-electron chi connectivity index (χ2n) is 6.48. The van der Waals surface area contributed by atoms with Gasteiger partial charge in [0.2, 0.25) is 5.95 Å². The van der Waals surface area contributed by atoms with Gasteiger partial charge in [-0.1, -0.05) is 20.8 Å². The van der Waals surface area contributed by atoms with Gasteiger partial charge in [0.25, 0.3) is 0 Å². The molecule has 1 heterocycles. The SMILES string of the molecule is CN(C)c1nc(N(C)C)c(C(C)(C)C)c(N(C)C)n1. The topological polar surface area (TPSA) is 35.5 Å². The molecular formula is C14H27N5. The van der Waals surface area contributed by atoms with Gasteiger partial charge in [-0.25, -0.2) is 0 Å². The normalized spacial score (nSPS) is 11.4. The van der Waals surface area contributed by atoms with Crippen molar-refractivity contribution in [2.24, 2.45) is 0 Å². The summed E-state index contributed by atoms with van der Waals surface area (Å²) in [5.41, 5.74) is 1.16. The van der Waals surface area contributed by atoms with E-state index in [4.69, 9.17) is 9.97 Å². The van der Waals surface area contributed by atoms with E-state index in [-0.39, 0.29) is 5.41 Å². The van der Waals surface area contributed by atoms with Crippen molar-refractivity contribution in [3.63, 3.8) is 0 Å². The van der Waals surface area contributed by atoms with Gasteiger partial charge in [0.1, 0.15) is 11.6 Å². The summed E-state index contributed by atoms with van der Waals surface area (Å²) in [6.07, 6.45) is 0. The van der Waals surface area contributed by atoms with Gasteiger partial charge >= 0.3 is 0 Å². The van der Waals surface area contributed by atoms with Crippen LogP contribution >= 0.6 is 0 Å². The maximum absolute atomic E-state index is 4.70. The number of hydrogen-bond acceptors (Lipinski definition) is 5. The van der Waals surface area contributed by atoms with Crippen LogP contribution in [-0.2, 0) is 5.41 Å². The molecule has 0 aliphatic carbocycles. The van der Waals surface area contributed by atoms with Crippen molar-refractivity contribution in [1.82, 2.24) is 9.97 Å². The minimum Gasteiger partial charge on any atom is -0.362 e. The van der Waals surface area contributed by atoms with Crippen molar-refractivity contribution in [3.8, 4) is 0 Å². The molecule has 1 rings (SSSR count). The minimum absolute atomic E-state index is 0.00987. The molecule has 5 nitrogen and oxygen atoms in total. The van der Waals surface area contributed by atoms with Crippen molar-refractivity contribution in [2.45, 2.75) is 26.2 Å². The van der Waals surface area contributed by atoms with Crippen LogP contribution in [0, 0.1) is 0 Å². The fourth-order valence-corrected chi connectivity index (χ4v) is 1.94. The van der Waals surface area contributed by atoms with Crippen LogP contribution in [0.25, 0.3) is 0 Å². The van der Waals surface area contributed by atoms with Gasteiger partial charge in [0, 0.05) is 47.8 Å². The zero-order chi connectivity index (χ0) is 15.0. The second kappa shape index (κ2) is 5.23. The average Bonchev–Trinajstić information content (AvgIpc) is 2.25. The Labute approximate surface area is 117 Å². The molecule has 0 radical (unpaired) electrons. The lowest BCUT2D eigenvalue weighted by molar-refractivity contribution is 0.583. The molecule has 0 unspecified atom stereocenters. The number of anilines is 3. The first-order valence-electron chi connectivity index (χ1n) is 6.50. The predicted octanol–water partition coefficient (Wildman–Crippen LogP) is 1.97. The maximum Gasteiger partial charge on any atom is 0.228 e. The molecule has 0 atom stereocenters. The number of rotatable bonds is 3. The first kappa shape index (κ1) is 15.5. The van der Waals surface area contributed by atoms with E-state index >= 15 is 0 Å². The molecule has 0 aliphatic rings. The van der Waals surface area contributed by atoms with Gasteiger partial charge in [-0.3, -0.25) is 0 Å². The van der Waals surface area contributed by atoms with Crippen molar-refractivity contribution < 1.29 is 0 Å². The van der Waals surface area contributed by atoms with Gasteiger partial charge in [-0.15, -0.1) is 0 Å². The van der Waals surface area contributed by atoms with Crippen LogP contribution in [0.1, 0.15) is 26.3 Å². The fourth-order valence-electron chi connectivity index (χ4n) is 1.94. The Morgan fingerprint density at radius 3 is 1.26 bits per heavy atom. The highest BCUT2D eigenvalue weighted by molar-refractivity contribution is 5.65. The van der Waals surface area contributed by atoms with Crippen molar-refractivity contribution in [1.29, 1.82) is 0 Å². The van der Waals surface area contributed by atoms with E-state index in [0.29, 0.717) is 0 Å². The number of aromatic nitrogens is 2. The molecular weight excluding hydrogens is 238 g/mol. The molecule has 1 aromatic rings. The van der Waals surface area contributed by atoms with Gasteiger partial charge in [-0.2, -0.15) is 9.97 Å². The Hall–Kier alpha value is -1.52. The summed E-state index contributed by atoms with van der Waals surface area (Å²) in [6.45, 7) is 6.59.